The van der Waals surface area contributed by atoms with Crippen LogP contribution in [0.4, 0.5) is 5.69 Å². The van der Waals surface area contributed by atoms with Crippen LogP contribution in [0.1, 0.15) is 51.9 Å². The van der Waals surface area contributed by atoms with Crippen LogP contribution in [0.5, 0.6) is 23.0 Å². The maximum atomic E-state index is 13.0. The number of ether oxygens (including phenoxy) is 4. The topological polar surface area (TPSA) is 66.0 Å². The Labute approximate surface area is 173 Å². The van der Waals surface area contributed by atoms with Crippen molar-refractivity contribution in [2.24, 2.45) is 0 Å². The van der Waals surface area contributed by atoms with Crippen molar-refractivity contribution >= 4 is 11.6 Å². The highest BCUT2D eigenvalue weighted by atomic mass is 16.6. The average Bonchev–Trinajstić information content (AvgIpc) is 2.63. The highest BCUT2D eigenvalue weighted by Crippen LogP contribution is 2.41. The summed E-state index contributed by atoms with van der Waals surface area (Å²) in [6, 6.07) is 10.6. The Balaban J connectivity index is 2.48. The largest absolute Gasteiger partial charge is 0.495 e. The number of carbonyl (C=O) groups excluding carboxylic acids is 1. The molecule has 0 saturated carbocycles. The van der Waals surface area contributed by atoms with Crippen LogP contribution < -0.4 is 24.3 Å². The number of rotatable bonds is 9. The average molecular weight is 402 g/mol. The fourth-order valence-corrected chi connectivity index (χ4v) is 2.68. The van der Waals surface area contributed by atoms with Crippen molar-refractivity contribution in [3.63, 3.8) is 0 Å². The number of amides is 1. The van der Waals surface area contributed by atoms with E-state index in [9.17, 15) is 4.79 Å². The highest BCUT2D eigenvalue weighted by Gasteiger charge is 2.21. The van der Waals surface area contributed by atoms with Crippen molar-refractivity contribution < 1.29 is 23.7 Å². The summed E-state index contributed by atoms with van der Waals surface area (Å²) >= 11 is 0. The molecule has 2 rings (SSSR count). The van der Waals surface area contributed by atoms with Gasteiger partial charge in [-0.25, -0.2) is 0 Å². The molecule has 1 amide bonds. The Hall–Kier alpha value is -2.89. The number of para-hydroxylation sites is 2. The van der Waals surface area contributed by atoms with Crippen molar-refractivity contribution in [3.05, 3.63) is 42.0 Å². The lowest BCUT2D eigenvalue weighted by atomic mass is 10.1. The van der Waals surface area contributed by atoms with E-state index >= 15 is 0 Å². The van der Waals surface area contributed by atoms with Gasteiger partial charge in [0.2, 0.25) is 5.75 Å². The second-order valence-electron chi connectivity index (χ2n) is 7.46. The number of hydrogen-bond acceptors (Lipinski definition) is 5. The van der Waals surface area contributed by atoms with Gasteiger partial charge in [-0.2, -0.15) is 0 Å². The molecule has 0 saturated heterocycles. The van der Waals surface area contributed by atoms with Crippen LogP contribution >= 0.6 is 0 Å². The first kappa shape index (κ1) is 22.4. The SMILES string of the molecule is COc1ccccc1NC(=O)c1cc(OC(C)C)c(OC(C)C)c(OC(C)C)c1. The van der Waals surface area contributed by atoms with E-state index in [4.69, 9.17) is 18.9 Å². The molecule has 1 N–H and O–H groups in total. The zero-order chi connectivity index (χ0) is 21.6. The number of methoxy groups -OCH3 is 1. The molecule has 2 aromatic rings. The summed E-state index contributed by atoms with van der Waals surface area (Å²) in [5.41, 5.74) is 0.985. The second-order valence-corrected chi connectivity index (χ2v) is 7.46. The van der Waals surface area contributed by atoms with E-state index < -0.39 is 0 Å². The van der Waals surface area contributed by atoms with Gasteiger partial charge in [0.15, 0.2) is 11.5 Å². The van der Waals surface area contributed by atoms with Crippen LogP contribution in [0.2, 0.25) is 0 Å². The Morgan fingerprint density at radius 1 is 0.793 bits per heavy atom. The monoisotopic (exact) mass is 401 g/mol. The molecule has 0 fully saturated rings. The molecule has 6 heteroatoms. The van der Waals surface area contributed by atoms with E-state index in [0.29, 0.717) is 34.2 Å². The van der Waals surface area contributed by atoms with Crippen LogP contribution in [0.25, 0.3) is 0 Å². The molecule has 0 spiro atoms. The van der Waals surface area contributed by atoms with Gasteiger partial charge in [0, 0.05) is 5.56 Å². The smallest absolute Gasteiger partial charge is 0.256 e. The van der Waals surface area contributed by atoms with Gasteiger partial charge < -0.3 is 24.3 Å². The normalized spacial score (nSPS) is 11.0. The molecule has 0 aliphatic carbocycles. The molecule has 0 bridgehead atoms. The first-order valence-corrected chi connectivity index (χ1v) is 9.83. The van der Waals surface area contributed by atoms with Crippen LogP contribution in [0.3, 0.4) is 0 Å². The quantitative estimate of drug-likeness (QED) is 0.617. The summed E-state index contributed by atoms with van der Waals surface area (Å²) in [5, 5.41) is 2.88. The number of benzene rings is 2. The fourth-order valence-electron chi connectivity index (χ4n) is 2.68. The standard InChI is InChI=1S/C23H31NO5/c1-14(2)27-20-12-17(13-21(28-15(3)4)22(20)29-16(5)6)23(25)24-18-10-8-9-11-19(18)26-7/h8-16H,1-7H3,(H,24,25). The minimum atomic E-state index is -0.298. The summed E-state index contributed by atoms with van der Waals surface area (Å²) in [5.74, 6) is 1.72. The molecular formula is C23H31NO5. The van der Waals surface area contributed by atoms with E-state index in [1.807, 2.05) is 53.7 Å². The minimum Gasteiger partial charge on any atom is -0.495 e. The van der Waals surface area contributed by atoms with Gasteiger partial charge in [-0.1, -0.05) is 12.1 Å². The maximum Gasteiger partial charge on any atom is 0.256 e. The number of anilines is 1. The lowest BCUT2D eigenvalue weighted by Gasteiger charge is -2.22. The zero-order valence-corrected chi connectivity index (χ0v) is 18.2. The highest BCUT2D eigenvalue weighted by molar-refractivity contribution is 6.05. The van der Waals surface area contributed by atoms with Crippen molar-refractivity contribution in [1.29, 1.82) is 0 Å². The van der Waals surface area contributed by atoms with E-state index in [0.717, 1.165) is 0 Å². The van der Waals surface area contributed by atoms with Crippen LogP contribution in [-0.4, -0.2) is 31.3 Å². The molecule has 2 aromatic carbocycles. The molecule has 158 valence electrons. The van der Waals surface area contributed by atoms with E-state index in [2.05, 4.69) is 5.32 Å². The van der Waals surface area contributed by atoms with Crippen LogP contribution in [0, 0.1) is 0 Å². The van der Waals surface area contributed by atoms with E-state index in [1.165, 1.54) is 0 Å². The number of nitrogens with one attached hydrogen (secondary N) is 1. The molecule has 0 atom stereocenters. The molecule has 6 nitrogen and oxygen atoms in total. The molecule has 0 aliphatic rings. The zero-order valence-electron chi connectivity index (χ0n) is 18.2. The van der Waals surface area contributed by atoms with Crippen LogP contribution in [-0.2, 0) is 0 Å². The van der Waals surface area contributed by atoms with Gasteiger partial charge in [0.1, 0.15) is 5.75 Å². The number of carbonyl (C=O) groups is 1. The van der Waals surface area contributed by atoms with Crippen molar-refractivity contribution in [2.75, 3.05) is 12.4 Å². The predicted octanol–water partition coefficient (Wildman–Crippen LogP) is 5.31. The van der Waals surface area contributed by atoms with Crippen LogP contribution in [0.15, 0.2) is 36.4 Å². The van der Waals surface area contributed by atoms with Crippen molar-refractivity contribution in [3.8, 4) is 23.0 Å². The van der Waals surface area contributed by atoms with Gasteiger partial charge >= 0.3 is 0 Å². The first-order valence-electron chi connectivity index (χ1n) is 9.83. The molecular weight excluding hydrogens is 370 g/mol. The second kappa shape index (κ2) is 10.0. The van der Waals surface area contributed by atoms with Crippen molar-refractivity contribution in [1.82, 2.24) is 0 Å². The van der Waals surface area contributed by atoms with E-state index in [-0.39, 0.29) is 24.2 Å². The number of hydrogen-bond donors (Lipinski definition) is 1. The Morgan fingerprint density at radius 2 is 1.31 bits per heavy atom. The Morgan fingerprint density at radius 3 is 1.79 bits per heavy atom. The lowest BCUT2D eigenvalue weighted by molar-refractivity contribution is 0.102. The molecule has 0 unspecified atom stereocenters. The Bertz CT molecular complexity index is 799. The van der Waals surface area contributed by atoms with Gasteiger partial charge in [-0.3, -0.25) is 4.79 Å². The molecule has 0 radical (unpaired) electrons. The molecule has 29 heavy (non-hydrogen) atoms. The lowest BCUT2D eigenvalue weighted by Crippen LogP contribution is -2.17. The molecule has 0 aliphatic heterocycles. The third-order valence-electron chi connectivity index (χ3n) is 3.72. The predicted molar refractivity (Wildman–Crippen MR) is 115 cm³/mol. The summed E-state index contributed by atoms with van der Waals surface area (Å²) < 4.78 is 23.2. The maximum absolute atomic E-state index is 13.0. The fraction of sp³-hybridized carbons (Fsp3) is 0.435. The Kier molecular flexibility index (Phi) is 7.76. The third-order valence-corrected chi connectivity index (χ3v) is 3.72. The van der Waals surface area contributed by atoms with Gasteiger partial charge in [-0.15, -0.1) is 0 Å². The summed E-state index contributed by atoms with van der Waals surface area (Å²) in [6.45, 7) is 11.5. The minimum absolute atomic E-state index is 0.0766. The van der Waals surface area contributed by atoms with Crippen molar-refractivity contribution in [2.45, 2.75) is 59.9 Å². The third kappa shape index (κ3) is 6.31. The molecule has 0 heterocycles. The first-order chi connectivity index (χ1) is 13.7. The van der Waals surface area contributed by atoms with Gasteiger partial charge in [0.05, 0.1) is 31.1 Å². The molecule has 0 aromatic heterocycles. The summed E-state index contributed by atoms with van der Waals surface area (Å²) in [7, 11) is 1.56. The summed E-state index contributed by atoms with van der Waals surface area (Å²) in [6.07, 6.45) is -0.264. The van der Waals surface area contributed by atoms with Gasteiger partial charge in [0.25, 0.3) is 5.91 Å². The summed E-state index contributed by atoms with van der Waals surface area (Å²) in [4.78, 5) is 13.0. The van der Waals surface area contributed by atoms with Gasteiger partial charge in [-0.05, 0) is 65.8 Å². The van der Waals surface area contributed by atoms with E-state index in [1.54, 1.807) is 31.4 Å².